The van der Waals surface area contributed by atoms with Gasteiger partial charge in [0.2, 0.25) is 0 Å². The first kappa shape index (κ1) is 44.9. The van der Waals surface area contributed by atoms with E-state index in [4.69, 9.17) is 23.6 Å². The van der Waals surface area contributed by atoms with E-state index in [2.05, 4.69) is 38.2 Å². The number of esters is 1. The minimum absolute atomic E-state index is 0.0432. The van der Waals surface area contributed by atoms with E-state index < -0.39 is 39.2 Å². The molecule has 0 aromatic rings. The summed E-state index contributed by atoms with van der Waals surface area (Å²) in [6.45, 7) is 3.43. The zero-order valence-corrected chi connectivity index (χ0v) is 30.2. The molecule has 3 N–H and O–H groups in total. The fraction of sp³-hybridized carbons (Fsp3) is 0.861. The monoisotopic (exact) mass is 676 g/mol. The van der Waals surface area contributed by atoms with E-state index in [1.807, 2.05) is 0 Å². The Morgan fingerprint density at radius 3 is 1.63 bits per heavy atom. The molecule has 0 amide bonds. The maximum atomic E-state index is 12.5. The van der Waals surface area contributed by atoms with Crippen molar-refractivity contribution < 1.29 is 43.0 Å². The number of carbonyl (C=O) groups is 1. The number of hydrogen-bond acceptors (Lipinski definition) is 8. The molecule has 0 rings (SSSR count). The zero-order valence-electron chi connectivity index (χ0n) is 29.3. The predicted molar refractivity (Wildman–Crippen MR) is 187 cm³/mol. The first-order chi connectivity index (χ1) is 22.3. The van der Waals surface area contributed by atoms with Crippen LogP contribution in [0.25, 0.3) is 0 Å². The average Bonchev–Trinajstić information content (AvgIpc) is 3.04. The Hall–Kier alpha value is -1.06. The van der Waals surface area contributed by atoms with Crippen LogP contribution in [0.1, 0.15) is 155 Å². The highest BCUT2D eigenvalue weighted by Crippen LogP contribution is 2.43. The van der Waals surface area contributed by atoms with Crippen LogP contribution in [0.3, 0.4) is 0 Å². The summed E-state index contributed by atoms with van der Waals surface area (Å²) in [5.74, 6) is -0.396. The lowest BCUT2D eigenvalue weighted by atomic mass is 10.1. The van der Waals surface area contributed by atoms with Crippen LogP contribution in [0.5, 0.6) is 0 Å². The molecule has 0 aliphatic rings. The molecule has 272 valence electrons. The van der Waals surface area contributed by atoms with Gasteiger partial charge in [0, 0.05) is 13.0 Å². The summed E-state index contributed by atoms with van der Waals surface area (Å²) in [5, 5.41) is 18.2. The first-order valence-corrected chi connectivity index (χ1v) is 19.8. The molecule has 0 fully saturated rings. The first-order valence-electron chi connectivity index (χ1n) is 18.3. The lowest BCUT2D eigenvalue weighted by molar-refractivity contribution is -0.154. The van der Waals surface area contributed by atoms with Gasteiger partial charge in [-0.15, -0.1) is 0 Å². The number of hydrogen-bond donors (Lipinski definition) is 3. The second-order valence-electron chi connectivity index (χ2n) is 12.2. The van der Waals surface area contributed by atoms with Crippen molar-refractivity contribution in [1.29, 1.82) is 0 Å². The maximum absolute atomic E-state index is 12.5. The topological polar surface area (TPSA) is 132 Å². The van der Waals surface area contributed by atoms with E-state index >= 15 is 0 Å². The summed E-state index contributed by atoms with van der Waals surface area (Å²) in [6.07, 6.45) is 31.3. The highest BCUT2D eigenvalue weighted by atomic mass is 31.2. The van der Waals surface area contributed by atoms with Crippen molar-refractivity contribution in [2.75, 3.05) is 33.0 Å². The molecular formula is C36H69O9P. The van der Waals surface area contributed by atoms with E-state index in [1.165, 1.54) is 70.6 Å². The molecule has 46 heavy (non-hydrogen) atoms. The number of allylic oxidation sites excluding steroid dienone is 4. The van der Waals surface area contributed by atoms with E-state index in [0.717, 1.165) is 64.2 Å². The molecule has 0 aliphatic carbocycles. The Kier molecular flexibility index (Phi) is 33.0. The van der Waals surface area contributed by atoms with Crippen molar-refractivity contribution in [2.45, 2.75) is 167 Å². The number of rotatable bonds is 35. The number of unbranched alkanes of at least 4 members (excludes halogenated alkanes) is 17. The van der Waals surface area contributed by atoms with Gasteiger partial charge in [-0.2, -0.15) is 0 Å². The molecule has 3 atom stereocenters. The van der Waals surface area contributed by atoms with Gasteiger partial charge in [-0.1, -0.05) is 109 Å². The van der Waals surface area contributed by atoms with Crippen molar-refractivity contribution in [1.82, 2.24) is 0 Å². The zero-order chi connectivity index (χ0) is 34.0. The fourth-order valence-corrected chi connectivity index (χ4v) is 5.54. The third-order valence-corrected chi connectivity index (χ3v) is 8.56. The third kappa shape index (κ3) is 32.9. The minimum Gasteiger partial charge on any atom is -0.457 e. The van der Waals surface area contributed by atoms with Gasteiger partial charge >= 0.3 is 13.8 Å². The van der Waals surface area contributed by atoms with Gasteiger partial charge in [0.15, 0.2) is 0 Å². The molecule has 0 spiro atoms. The molecule has 0 bridgehead atoms. The molecule has 0 aliphatic heterocycles. The van der Waals surface area contributed by atoms with E-state index in [1.54, 1.807) is 0 Å². The second kappa shape index (κ2) is 33.8. The van der Waals surface area contributed by atoms with Gasteiger partial charge in [0.25, 0.3) is 0 Å². The smallest absolute Gasteiger partial charge is 0.457 e. The molecule has 9 nitrogen and oxygen atoms in total. The van der Waals surface area contributed by atoms with Crippen molar-refractivity contribution in [3.63, 3.8) is 0 Å². The summed E-state index contributed by atoms with van der Waals surface area (Å²) in [5.41, 5.74) is 0. The number of phosphoric ester groups is 1. The van der Waals surface area contributed by atoms with Crippen LogP contribution >= 0.6 is 7.82 Å². The van der Waals surface area contributed by atoms with Crippen molar-refractivity contribution in [3.05, 3.63) is 24.3 Å². The third-order valence-electron chi connectivity index (χ3n) is 7.61. The van der Waals surface area contributed by atoms with Crippen LogP contribution in [0.15, 0.2) is 24.3 Å². The highest BCUT2D eigenvalue weighted by molar-refractivity contribution is 7.47. The second-order valence-corrected chi connectivity index (χ2v) is 13.7. The van der Waals surface area contributed by atoms with Gasteiger partial charge in [-0.25, -0.2) is 4.57 Å². The molecule has 0 aromatic carbocycles. The molecule has 0 saturated heterocycles. The maximum Gasteiger partial charge on any atom is 0.472 e. The number of phosphoric acid groups is 1. The van der Waals surface area contributed by atoms with Gasteiger partial charge in [0.1, 0.15) is 12.2 Å². The lowest BCUT2D eigenvalue weighted by Crippen LogP contribution is -2.29. The van der Waals surface area contributed by atoms with Crippen LogP contribution < -0.4 is 0 Å². The average molecular weight is 677 g/mol. The van der Waals surface area contributed by atoms with E-state index in [0.29, 0.717) is 6.61 Å². The van der Waals surface area contributed by atoms with Crippen LogP contribution in [-0.4, -0.2) is 66.3 Å². The fourth-order valence-electron chi connectivity index (χ4n) is 4.75. The van der Waals surface area contributed by atoms with Gasteiger partial charge in [0.05, 0.1) is 26.4 Å². The number of carbonyl (C=O) groups excluding carboxylic acids is 1. The molecule has 0 radical (unpaired) electrons. The SMILES string of the molecule is CCCCC/C=C\CCCCCCCCOCC(COP(=O)(O)OCC(O)CO)OC(=O)CCCCCCC/C=C\CCCCC. The summed E-state index contributed by atoms with van der Waals surface area (Å²) >= 11 is 0. The number of aliphatic hydroxyl groups excluding tert-OH is 2. The summed E-state index contributed by atoms with van der Waals surface area (Å²) < 4.78 is 33.1. The molecule has 0 saturated carbocycles. The summed E-state index contributed by atoms with van der Waals surface area (Å²) in [7, 11) is -4.51. The lowest BCUT2D eigenvalue weighted by Gasteiger charge is -2.20. The Morgan fingerprint density at radius 2 is 1.11 bits per heavy atom. The molecule has 0 heterocycles. The molecule has 3 unspecified atom stereocenters. The minimum atomic E-state index is -4.51. The summed E-state index contributed by atoms with van der Waals surface area (Å²) in [4.78, 5) is 22.4. The van der Waals surface area contributed by atoms with Crippen LogP contribution in [-0.2, 0) is 27.9 Å². The number of ether oxygens (including phenoxy) is 2. The van der Waals surface area contributed by atoms with Crippen LogP contribution in [0.2, 0.25) is 0 Å². The Bertz CT molecular complexity index is 775. The van der Waals surface area contributed by atoms with Crippen molar-refractivity contribution >= 4 is 13.8 Å². The van der Waals surface area contributed by atoms with E-state index in [9.17, 15) is 19.4 Å². The predicted octanol–water partition coefficient (Wildman–Crippen LogP) is 9.14. The highest BCUT2D eigenvalue weighted by Gasteiger charge is 2.26. The number of aliphatic hydroxyl groups is 2. The quantitative estimate of drug-likeness (QED) is 0.0260. The molecule has 10 heteroatoms. The summed E-state index contributed by atoms with van der Waals surface area (Å²) in [6, 6.07) is 0. The Labute approximate surface area is 281 Å². The van der Waals surface area contributed by atoms with Crippen molar-refractivity contribution in [2.24, 2.45) is 0 Å². The largest absolute Gasteiger partial charge is 0.472 e. The van der Waals surface area contributed by atoms with Crippen LogP contribution in [0.4, 0.5) is 0 Å². The Balaban J connectivity index is 4.28. The normalized spacial score (nSPS) is 14.6. The molecular weight excluding hydrogens is 607 g/mol. The van der Waals surface area contributed by atoms with Crippen LogP contribution in [0, 0.1) is 0 Å². The van der Waals surface area contributed by atoms with Crippen molar-refractivity contribution in [3.8, 4) is 0 Å². The van der Waals surface area contributed by atoms with Gasteiger partial charge < -0.3 is 24.6 Å². The standard InChI is InChI=1S/C36H69O9P/c1-3-5-7-9-11-13-15-17-19-21-23-25-27-29-42-32-35(33-44-46(40,41)43-31-34(38)30-37)45-36(39)28-26-24-22-20-18-16-14-12-10-8-6-4-2/h11-14,34-35,37-38H,3-10,15-33H2,1-2H3,(H,40,41)/b13-11-,14-12-. The van der Waals surface area contributed by atoms with Gasteiger partial charge in [-0.05, 0) is 64.2 Å². The Morgan fingerprint density at radius 1 is 0.652 bits per heavy atom. The van der Waals surface area contributed by atoms with Gasteiger partial charge in [-0.3, -0.25) is 13.8 Å². The molecule has 0 aromatic heterocycles. The van der Waals surface area contributed by atoms with E-state index in [-0.39, 0.29) is 19.6 Å².